The van der Waals surface area contributed by atoms with Crippen molar-refractivity contribution in [2.24, 2.45) is 0 Å². The first-order valence-corrected chi connectivity index (χ1v) is 51.5. The van der Waals surface area contributed by atoms with Crippen molar-refractivity contribution in [2.45, 2.75) is 248 Å². The number of hydrogen-bond donors (Lipinski definition) is 0. The monoisotopic (exact) mass is 2240 g/mol. The van der Waals surface area contributed by atoms with Gasteiger partial charge in [0.25, 0.3) is 0 Å². The SMILES string of the molecule is CC(C)(C)c1ccc2nc3n(-c4[c-]c5c(cc4)c4ccccc4n5-c4[c-]c5c(cc4)c4cccc6c4n4c(cnc54)C(C)(C)C6(C)C)c4ccc(C(C)(C)C)cc4n3c2c1.CC(C)c1cc(C(C)C)c(-c2ccc3nc4n(-c5[c-]c6c(cc5)c5ccccc5n6-c5[c-]c6c(cc5)c5cccc7c5n5c(cnc65)C(C)(C)C7(C)C)c5ccc(-c6c(C(C)C)cc(C(C)C)cc6C(C)C)cc5n4c3c2)c(C(C)C)c1.[Pt+2].[Pt+2]. The summed E-state index contributed by atoms with van der Waals surface area (Å²) in [7, 11) is 0. The topological polar surface area (TPSA) is 88.9 Å². The van der Waals surface area contributed by atoms with Crippen LogP contribution in [-0.2, 0) is 74.6 Å². The van der Waals surface area contributed by atoms with Crippen molar-refractivity contribution in [1.82, 2.24) is 55.8 Å². The molecule has 0 radical (unpaired) electrons. The van der Waals surface area contributed by atoms with Crippen LogP contribution < -0.4 is 0 Å². The van der Waals surface area contributed by atoms with Crippen molar-refractivity contribution < 1.29 is 42.1 Å². The minimum atomic E-state index is -0.156. The van der Waals surface area contributed by atoms with Crippen LogP contribution in [0.1, 0.15) is 283 Å². The maximum Gasteiger partial charge on any atom is 2.00 e. The number of pyridine rings is 2. The number of para-hydroxylation sites is 4. The molecule has 0 aliphatic carbocycles. The van der Waals surface area contributed by atoms with Crippen LogP contribution in [0.5, 0.6) is 0 Å². The van der Waals surface area contributed by atoms with E-state index in [0.717, 1.165) is 144 Å². The molecule has 0 spiro atoms. The fraction of sp³-hybridized carbons (Fsp3) is 0.292. The molecule has 0 fully saturated rings. The molecule has 0 bridgehead atoms. The summed E-state index contributed by atoms with van der Waals surface area (Å²) in [5, 5.41) is 11.4. The van der Waals surface area contributed by atoms with Crippen molar-refractivity contribution in [3.05, 3.63) is 334 Å². The third-order valence-corrected chi connectivity index (χ3v) is 33.9. The molecule has 14 aromatic carbocycles. The van der Waals surface area contributed by atoms with Crippen molar-refractivity contribution in [2.75, 3.05) is 0 Å². The zero-order valence-corrected chi connectivity index (χ0v) is 92.1. The Labute approximate surface area is 872 Å². The summed E-state index contributed by atoms with van der Waals surface area (Å²) in [5.41, 5.74) is 41.8. The molecule has 24 aromatic rings. The van der Waals surface area contributed by atoms with E-state index < -0.39 is 0 Å². The molecule has 26 rings (SSSR count). The number of nitrogens with zero attached hydrogens (tertiary/aromatic N) is 12. The summed E-state index contributed by atoms with van der Waals surface area (Å²) in [4.78, 5) is 21.4. The molecule has 0 atom stereocenters. The van der Waals surface area contributed by atoms with Gasteiger partial charge in [-0.1, -0.05) is 345 Å². The van der Waals surface area contributed by atoms with Gasteiger partial charge < -0.3 is 27.1 Å². The van der Waals surface area contributed by atoms with Crippen LogP contribution in [0.3, 0.4) is 0 Å². The first kappa shape index (κ1) is 94.6. The third kappa shape index (κ3) is 13.4. The second-order valence-corrected chi connectivity index (χ2v) is 47.2. The van der Waals surface area contributed by atoms with Crippen LogP contribution in [-0.4, -0.2) is 55.8 Å². The summed E-state index contributed by atoms with van der Waals surface area (Å²) in [6, 6.07) is 103. The van der Waals surface area contributed by atoms with E-state index in [0.29, 0.717) is 35.5 Å². The second-order valence-electron chi connectivity index (χ2n) is 47.2. The predicted octanol–water partition coefficient (Wildman–Crippen LogP) is 34.0. The predicted molar refractivity (Wildman–Crippen MR) is 596 cm³/mol. The Hall–Kier alpha value is -13.0. The van der Waals surface area contributed by atoms with E-state index in [2.05, 4.69) is 483 Å². The number of fused-ring (bicyclic) bond motifs is 22. The van der Waals surface area contributed by atoms with Crippen molar-refractivity contribution in [3.63, 3.8) is 0 Å². The number of hydrogen-bond acceptors (Lipinski definition) is 4. The van der Waals surface area contributed by atoms with E-state index >= 15 is 0 Å². The largest absolute Gasteiger partial charge is 2.00 e. The Morgan fingerprint density at radius 3 is 1.04 bits per heavy atom. The zero-order chi connectivity index (χ0) is 98.7. The zero-order valence-electron chi connectivity index (χ0n) is 87.6. The van der Waals surface area contributed by atoms with Crippen LogP contribution >= 0.6 is 0 Å². The maximum absolute atomic E-state index is 5.65. The Morgan fingerprint density at radius 2 is 0.632 bits per heavy atom. The molecular weight excluding hydrogens is 2120 g/mol. The average Bonchev–Trinajstić information content (AvgIpc) is 1.44. The Kier molecular flexibility index (Phi) is 21.5. The van der Waals surface area contributed by atoms with Crippen molar-refractivity contribution in [1.29, 1.82) is 0 Å². The summed E-state index contributed by atoms with van der Waals surface area (Å²) in [5.74, 6) is 3.97. The molecule has 2 aliphatic heterocycles. The van der Waals surface area contributed by atoms with E-state index in [4.69, 9.17) is 19.9 Å². The first-order chi connectivity index (χ1) is 67.7. The molecule has 0 saturated carbocycles. The Morgan fingerprint density at radius 1 is 0.285 bits per heavy atom. The molecule has 724 valence electrons. The van der Waals surface area contributed by atoms with E-state index in [1.54, 1.807) is 0 Å². The van der Waals surface area contributed by atoms with Crippen molar-refractivity contribution >= 4 is 154 Å². The normalized spacial score (nSPS) is 14.7. The van der Waals surface area contributed by atoms with E-state index in [9.17, 15) is 0 Å². The van der Waals surface area contributed by atoms with E-state index in [1.165, 1.54) is 122 Å². The van der Waals surface area contributed by atoms with Gasteiger partial charge >= 0.3 is 42.1 Å². The fourth-order valence-corrected chi connectivity index (χ4v) is 24.5. The summed E-state index contributed by atoms with van der Waals surface area (Å²) >= 11 is 0. The van der Waals surface area contributed by atoms with Gasteiger partial charge in [-0.25, -0.2) is 9.97 Å². The summed E-state index contributed by atoms with van der Waals surface area (Å²) < 4.78 is 19.0. The molecule has 2 aliphatic rings. The fourth-order valence-electron chi connectivity index (χ4n) is 24.5. The molecular formula is C130H124N12Pt2. The smallest absolute Gasteiger partial charge is 0.352 e. The minimum Gasteiger partial charge on any atom is -0.352 e. The molecule has 10 aromatic heterocycles. The van der Waals surface area contributed by atoms with Gasteiger partial charge in [0.1, 0.15) is 0 Å². The molecule has 0 amide bonds. The van der Waals surface area contributed by atoms with Gasteiger partial charge in [-0.05, 0) is 218 Å². The Bertz CT molecular complexity index is 9540. The molecule has 14 heteroatoms. The van der Waals surface area contributed by atoms with Crippen LogP contribution in [0.15, 0.2) is 243 Å². The average molecular weight is 2240 g/mol. The quantitative estimate of drug-likeness (QED) is 0.0900. The van der Waals surface area contributed by atoms with Crippen LogP contribution in [0, 0.1) is 24.3 Å². The summed E-state index contributed by atoms with van der Waals surface area (Å²) in [6.07, 6.45) is 4.21. The van der Waals surface area contributed by atoms with Crippen molar-refractivity contribution in [3.8, 4) is 45.0 Å². The van der Waals surface area contributed by atoms with E-state index in [-0.39, 0.29) is 74.6 Å². The summed E-state index contributed by atoms with van der Waals surface area (Å²) in [6.45, 7) is 60.7. The standard InChI is InChI=1S/C76H76N6.C54H48N6.2Pt/c1-41(2)49-32-57(43(5)6)70(58(33-49)44(7)8)47-24-30-63-67(36-47)81-68-37-48(71-59(45(9)10)34-50(42(3)4)35-60(71)46(11)12)25-31-65(68)80(74(81)78-63)52-27-29-55-54-20-17-18-23-64(54)79(66(55)39-52)51-26-28-53-56-21-19-22-62-72(56)82-69(76(15,16)75(62,13)14)40-77-73(82)61(53)38-51;1-51(2,3)31-18-24-41-45(26-31)59-46-27-32(52(4,5)6)19-25-43(46)58(50(59)56-41)34-21-23-37-36-14-11-12-17-42(36)57(44(37)29-34)33-20-22-35-38-15-13-16-40-48(38)60-47(54(9,10)53(40,7)8)30-55-49(60)39(35)28-33;;/h17-37,40-46H,1-16H3;11-27,30H,1-10H3;;/q2*-2;2*+2. The van der Waals surface area contributed by atoms with E-state index in [1.807, 2.05) is 0 Å². The van der Waals surface area contributed by atoms with Crippen LogP contribution in [0.4, 0.5) is 0 Å². The van der Waals surface area contributed by atoms with Crippen LogP contribution in [0.2, 0.25) is 0 Å². The van der Waals surface area contributed by atoms with Gasteiger partial charge in [0.2, 0.25) is 11.6 Å². The molecule has 12 nitrogen and oxygen atoms in total. The number of rotatable bonds is 12. The molecule has 12 heterocycles. The van der Waals surface area contributed by atoms with Gasteiger partial charge in [-0.2, -0.15) is 12.1 Å². The number of benzene rings is 14. The van der Waals surface area contributed by atoms with Gasteiger partial charge in [0, 0.05) is 67.5 Å². The van der Waals surface area contributed by atoms with Gasteiger partial charge in [0.05, 0.1) is 55.4 Å². The molecule has 144 heavy (non-hydrogen) atoms. The van der Waals surface area contributed by atoms with Crippen LogP contribution in [0.25, 0.3) is 199 Å². The first-order valence-electron chi connectivity index (χ1n) is 51.5. The third-order valence-electron chi connectivity index (χ3n) is 33.9. The maximum atomic E-state index is 5.65. The number of aromatic nitrogens is 12. The molecule has 0 N–H and O–H groups in total. The van der Waals surface area contributed by atoms with Gasteiger partial charge in [-0.3, -0.25) is 18.8 Å². The molecule has 0 saturated heterocycles. The van der Waals surface area contributed by atoms with Gasteiger partial charge in [-0.15, -0.1) is 71.4 Å². The Balaban J connectivity index is 0.000000164. The number of imidazole rings is 6. The van der Waals surface area contributed by atoms with Gasteiger partial charge in [0.15, 0.2) is 0 Å². The molecule has 0 unspecified atom stereocenters. The minimum absolute atomic E-state index is 0. The second kappa shape index (κ2) is 32.8.